The molecule has 9 nitrogen and oxygen atoms in total. The number of aromatic nitrogens is 5. The van der Waals surface area contributed by atoms with Gasteiger partial charge < -0.3 is 15.0 Å². The molecule has 1 spiro atoms. The lowest BCUT2D eigenvalue weighted by molar-refractivity contribution is 0.0146. The molecular formula is C22H27N7O2. The van der Waals surface area contributed by atoms with Crippen molar-refractivity contribution in [2.45, 2.75) is 51.7 Å². The van der Waals surface area contributed by atoms with Gasteiger partial charge in [0.15, 0.2) is 5.82 Å². The highest BCUT2D eigenvalue weighted by Gasteiger charge is 2.56. The maximum Gasteiger partial charge on any atom is 0.410 e. The summed E-state index contributed by atoms with van der Waals surface area (Å²) in [6, 6.07) is 2.17. The van der Waals surface area contributed by atoms with Crippen molar-refractivity contribution in [1.29, 1.82) is 0 Å². The Morgan fingerprint density at radius 2 is 2.16 bits per heavy atom. The average Bonchev–Trinajstić information content (AvgIpc) is 3.19. The van der Waals surface area contributed by atoms with E-state index < -0.39 is 5.60 Å². The lowest BCUT2D eigenvalue weighted by atomic mass is 9.94. The lowest BCUT2D eigenvalue weighted by Gasteiger charge is -2.35. The summed E-state index contributed by atoms with van der Waals surface area (Å²) in [6.07, 6.45) is 11.7. The molecule has 9 heteroatoms. The van der Waals surface area contributed by atoms with E-state index in [1.165, 1.54) is 0 Å². The minimum absolute atomic E-state index is 0.0919. The number of nitrogens with zero attached hydrogens (tertiary/aromatic N) is 6. The average molecular weight is 422 g/mol. The number of piperidine rings is 1. The van der Waals surface area contributed by atoms with Crippen LogP contribution in [0.25, 0.3) is 16.9 Å². The molecule has 0 unspecified atom stereocenters. The Labute approximate surface area is 180 Å². The Hall–Kier alpha value is -3.23. The van der Waals surface area contributed by atoms with Crippen molar-refractivity contribution in [2.24, 2.45) is 5.41 Å². The number of nitrogens with one attached hydrogen (secondary N) is 1. The number of carbonyl (C=O) groups excluding carboxylic acids is 1. The number of amides is 1. The van der Waals surface area contributed by atoms with E-state index >= 15 is 0 Å². The van der Waals surface area contributed by atoms with Gasteiger partial charge in [-0.1, -0.05) is 0 Å². The number of rotatable bonds is 3. The number of hydrogen-bond donors (Lipinski definition) is 1. The van der Waals surface area contributed by atoms with Crippen molar-refractivity contribution in [3.8, 4) is 11.4 Å². The fourth-order valence-electron chi connectivity index (χ4n) is 4.40. The third kappa shape index (κ3) is 3.92. The molecule has 31 heavy (non-hydrogen) atoms. The van der Waals surface area contributed by atoms with Crippen LogP contribution < -0.4 is 5.32 Å². The predicted octanol–water partition coefficient (Wildman–Crippen LogP) is 3.39. The topological polar surface area (TPSA) is 97.5 Å². The Kier molecular flexibility index (Phi) is 4.56. The number of anilines is 1. The summed E-state index contributed by atoms with van der Waals surface area (Å²) < 4.78 is 7.34. The van der Waals surface area contributed by atoms with Crippen LogP contribution >= 0.6 is 0 Å². The van der Waals surface area contributed by atoms with Crippen molar-refractivity contribution in [3.05, 3.63) is 37.1 Å². The summed E-state index contributed by atoms with van der Waals surface area (Å²) in [5.41, 5.74) is 1.32. The Bertz CT molecular complexity index is 1120. The molecule has 2 atom stereocenters. The van der Waals surface area contributed by atoms with Gasteiger partial charge >= 0.3 is 6.09 Å². The summed E-state index contributed by atoms with van der Waals surface area (Å²) >= 11 is 0. The summed E-state index contributed by atoms with van der Waals surface area (Å²) in [5.74, 6) is 1.39. The third-order valence-corrected chi connectivity index (χ3v) is 5.99. The highest BCUT2D eigenvalue weighted by Crippen LogP contribution is 2.53. The molecule has 1 aliphatic carbocycles. The lowest BCUT2D eigenvalue weighted by Crippen LogP contribution is -2.44. The van der Waals surface area contributed by atoms with Gasteiger partial charge in [-0.3, -0.25) is 4.98 Å². The van der Waals surface area contributed by atoms with Gasteiger partial charge in [0.25, 0.3) is 0 Å². The van der Waals surface area contributed by atoms with E-state index in [4.69, 9.17) is 9.72 Å². The number of likely N-dealkylation sites (tertiary alicyclic amines) is 1. The van der Waals surface area contributed by atoms with E-state index in [9.17, 15) is 4.79 Å². The van der Waals surface area contributed by atoms with Gasteiger partial charge in [0.05, 0.1) is 23.5 Å². The standard InChI is InChI=1S/C22H27N7O2/c1-21(2,3)31-20(30)28-9-4-6-22(14-28)11-17(22)26-18-5-7-24-19(27-18)15-12-25-29-10-8-23-13-16(15)29/h5,7-8,10,12-13,17H,4,6,9,11,14H2,1-3H3,(H,24,26,27)/t17-,22+/m0/s1. The zero-order valence-electron chi connectivity index (χ0n) is 18.1. The molecule has 1 saturated carbocycles. The van der Waals surface area contributed by atoms with Crippen LogP contribution in [0.4, 0.5) is 10.6 Å². The summed E-state index contributed by atoms with van der Waals surface area (Å²) in [5, 5.41) is 7.91. The van der Waals surface area contributed by atoms with E-state index in [0.29, 0.717) is 5.82 Å². The van der Waals surface area contributed by atoms with Gasteiger partial charge in [0.1, 0.15) is 11.4 Å². The molecule has 2 aliphatic rings. The first-order valence-corrected chi connectivity index (χ1v) is 10.7. The van der Waals surface area contributed by atoms with Crippen molar-refractivity contribution < 1.29 is 9.53 Å². The first kappa shape index (κ1) is 19.7. The van der Waals surface area contributed by atoms with Crippen molar-refractivity contribution in [2.75, 3.05) is 18.4 Å². The van der Waals surface area contributed by atoms with Crippen LogP contribution in [0.5, 0.6) is 0 Å². The van der Waals surface area contributed by atoms with Gasteiger partial charge in [-0.05, 0) is 46.1 Å². The van der Waals surface area contributed by atoms with Gasteiger partial charge in [-0.15, -0.1) is 0 Å². The van der Waals surface area contributed by atoms with Crippen LogP contribution in [-0.4, -0.2) is 60.3 Å². The fraction of sp³-hybridized carbons (Fsp3) is 0.500. The Balaban J connectivity index is 1.29. The van der Waals surface area contributed by atoms with Crippen LogP contribution in [-0.2, 0) is 4.74 Å². The third-order valence-electron chi connectivity index (χ3n) is 5.99. The van der Waals surface area contributed by atoms with Crippen LogP contribution in [0, 0.1) is 5.41 Å². The zero-order valence-corrected chi connectivity index (χ0v) is 18.1. The van der Waals surface area contributed by atoms with Gasteiger partial charge in [0, 0.05) is 43.1 Å². The molecule has 3 aromatic heterocycles. The van der Waals surface area contributed by atoms with Gasteiger partial charge in [-0.2, -0.15) is 5.10 Å². The van der Waals surface area contributed by atoms with Crippen molar-refractivity contribution in [1.82, 2.24) is 29.5 Å². The molecule has 1 N–H and O–H groups in total. The summed E-state index contributed by atoms with van der Waals surface area (Å²) in [4.78, 5) is 27.7. The number of ether oxygens (including phenoxy) is 1. The molecule has 0 aromatic carbocycles. The molecule has 3 aromatic rings. The molecule has 162 valence electrons. The summed E-state index contributed by atoms with van der Waals surface area (Å²) in [6.45, 7) is 7.18. The Morgan fingerprint density at radius 1 is 1.29 bits per heavy atom. The minimum atomic E-state index is -0.478. The molecular weight excluding hydrogens is 394 g/mol. The molecule has 2 fully saturated rings. The SMILES string of the molecule is CC(C)(C)OC(=O)N1CCC[C@@]2(C[C@@H]2Nc2ccnc(-c3cnn4ccncc34)n2)C1. The molecule has 1 aliphatic heterocycles. The van der Waals surface area contributed by atoms with Crippen molar-refractivity contribution in [3.63, 3.8) is 0 Å². The normalized spacial score (nSPS) is 23.2. The number of hydrogen-bond acceptors (Lipinski definition) is 7. The molecule has 0 radical (unpaired) electrons. The van der Waals surface area contributed by atoms with E-state index in [1.54, 1.807) is 35.5 Å². The highest BCUT2D eigenvalue weighted by atomic mass is 16.6. The van der Waals surface area contributed by atoms with E-state index in [0.717, 1.165) is 49.2 Å². The molecule has 0 bridgehead atoms. The van der Waals surface area contributed by atoms with Crippen LogP contribution in [0.1, 0.15) is 40.0 Å². The van der Waals surface area contributed by atoms with Gasteiger partial charge in [-0.25, -0.2) is 19.3 Å². The first-order valence-electron chi connectivity index (χ1n) is 10.7. The summed E-state index contributed by atoms with van der Waals surface area (Å²) in [7, 11) is 0. The number of carbonyl (C=O) groups is 1. The van der Waals surface area contributed by atoms with E-state index in [-0.39, 0.29) is 17.6 Å². The minimum Gasteiger partial charge on any atom is -0.444 e. The second kappa shape index (κ2) is 7.18. The van der Waals surface area contributed by atoms with Crippen molar-refractivity contribution >= 4 is 17.4 Å². The first-order chi connectivity index (χ1) is 14.8. The second-order valence-electron chi connectivity index (χ2n) is 9.50. The van der Waals surface area contributed by atoms with Crippen LogP contribution in [0.2, 0.25) is 0 Å². The van der Waals surface area contributed by atoms with E-state index in [2.05, 4.69) is 20.4 Å². The highest BCUT2D eigenvalue weighted by molar-refractivity contribution is 5.75. The smallest absolute Gasteiger partial charge is 0.410 e. The van der Waals surface area contributed by atoms with Crippen LogP contribution in [0.15, 0.2) is 37.1 Å². The predicted molar refractivity (Wildman–Crippen MR) is 116 cm³/mol. The quantitative estimate of drug-likeness (QED) is 0.692. The molecule has 5 rings (SSSR count). The molecule has 1 amide bonds. The largest absolute Gasteiger partial charge is 0.444 e. The second-order valence-corrected chi connectivity index (χ2v) is 9.50. The van der Waals surface area contributed by atoms with Gasteiger partial charge in [0.2, 0.25) is 0 Å². The zero-order chi connectivity index (χ0) is 21.6. The Morgan fingerprint density at radius 3 is 3.00 bits per heavy atom. The van der Waals surface area contributed by atoms with E-state index in [1.807, 2.05) is 31.7 Å². The fourth-order valence-corrected chi connectivity index (χ4v) is 4.40. The number of fused-ring (bicyclic) bond motifs is 1. The maximum atomic E-state index is 12.5. The van der Waals surface area contributed by atoms with Crippen LogP contribution in [0.3, 0.4) is 0 Å². The monoisotopic (exact) mass is 421 g/mol. The maximum absolute atomic E-state index is 12.5. The molecule has 1 saturated heterocycles. The molecule has 4 heterocycles.